The van der Waals surface area contributed by atoms with Crippen molar-refractivity contribution >= 4 is 11.5 Å². The van der Waals surface area contributed by atoms with E-state index in [1.54, 1.807) is 0 Å². The number of nitrogens with one attached hydrogen (secondary N) is 1. The first kappa shape index (κ1) is 17.2. The Morgan fingerprint density at radius 3 is 2.38 bits per heavy atom. The Balaban J connectivity index is 1.32. The SMILES string of the molecule is Fc1ccc(N2CCN(c3cc(CNCC4(F)CC4)ccn3)CC2)cc1. The largest absolute Gasteiger partial charge is 0.368 e. The molecule has 2 aromatic rings. The van der Waals surface area contributed by atoms with Gasteiger partial charge in [0, 0.05) is 51.2 Å². The van der Waals surface area contributed by atoms with Crippen LogP contribution in [0.25, 0.3) is 0 Å². The zero-order valence-corrected chi connectivity index (χ0v) is 14.8. The highest BCUT2D eigenvalue weighted by Gasteiger charge is 2.42. The van der Waals surface area contributed by atoms with Crippen LogP contribution in [0.4, 0.5) is 20.3 Å². The summed E-state index contributed by atoms with van der Waals surface area (Å²) >= 11 is 0. The van der Waals surface area contributed by atoms with Crippen LogP contribution in [0.3, 0.4) is 0 Å². The molecule has 0 bridgehead atoms. The molecule has 1 aliphatic carbocycles. The van der Waals surface area contributed by atoms with Crippen molar-refractivity contribution in [2.24, 2.45) is 0 Å². The van der Waals surface area contributed by atoms with Crippen molar-refractivity contribution in [3.63, 3.8) is 0 Å². The van der Waals surface area contributed by atoms with Gasteiger partial charge in [0.1, 0.15) is 17.3 Å². The molecule has 1 saturated heterocycles. The minimum Gasteiger partial charge on any atom is -0.368 e. The highest BCUT2D eigenvalue weighted by atomic mass is 19.1. The van der Waals surface area contributed by atoms with E-state index in [9.17, 15) is 8.78 Å². The average molecular weight is 358 g/mol. The van der Waals surface area contributed by atoms with Gasteiger partial charge in [-0.1, -0.05) is 0 Å². The van der Waals surface area contributed by atoms with Gasteiger partial charge in [-0.05, 0) is 54.8 Å². The summed E-state index contributed by atoms with van der Waals surface area (Å²) in [6, 6.07) is 10.7. The number of benzene rings is 1. The zero-order chi connectivity index (χ0) is 18.0. The second kappa shape index (κ2) is 7.19. The van der Waals surface area contributed by atoms with Gasteiger partial charge in [-0.3, -0.25) is 0 Å². The summed E-state index contributed by atoms with van der Waals surface area (Å²) in [6.45, 7) is 4.59. The lowest BCUT2D eigenvalue weighted by molar-refractivity contribution is 0.295. The van der Waals surface area contributed by atoms with Crippen molar-refractivity contribution in [2.45, 2.75) is 25.1 Å². The number of hydrogen-bond acceptors (Lipinski definition) is 4. The summed E-state index contributed by atoms with van der Waals surface area (Å²) in [7, 11) is 0. The normalized spacial score (nSPS) is 18.8. The molecule has 1 saturated carbocycles. The molecule has 2 fully saturated rings. The minimum absolute atomic E-state index is 0.206. The smallest absolute Gasteiger partial charge is 0.128 e. The first-order chi connectivity index (χ1) is 12.6. The first-order valence-electron chi connectivity index (χ1n) is 9.21. The van der Waals surface area contributed by atoms with Gasteiger partial charge in [-0.25, -0.2) is 13.8 Å². The fourth-order valence-corrected chi connectivity index (χ4v) is 3.33. The predicted octanol–water partition coefficient (Wildman–Crippen LogP) is 3.14. The Labute approximate surface area is 152 Å². The monoisotopic (exact) mass is 358 g/mol. The number of aromatic nitrogens is 1. The van der Waals surface area contributed by atoms with Crippen molar-refractivity contribution in [1.82, 2.24) is 10.3 Å². The van der Waals surface area contributed by atoms with E-state index < -0.39 is 5.67 Å². The van der Waals surface area contributed by atoms with Gasteiger partial charge in [0.25, 0.3) is 0 Å². The van der Waals surface area contributed by atoms with E-state index in [0.717, 1.165) is 43.2 Å². The predicted molar refractivity (Wildman–Crippen MR) is 99.8 cm³/mol. The zero-order valence-electron chi connectivity index (χ0n) is 14.8. The standard InChI is InChI=1S/C20H24F2N4/c21-17-1-3-18(4-2-17)25-9-11-26(12-10-25)19-13-16(5-8-24-19)14-23-15-20(22)6-7-20/h1-5,8,13,23H,6-7,9-12,14-15H2. The van der Waals surface area contributed by atoms with Crippen molar-refractivity contribution in [1.29, 1.82) is 0 Å². The molecule has 4 nitrogen and oxygen atoms in total. The molecule has 2 heterocycles. The number of alkyl halides is 1. The van der Waals surface area contributed by atoms with Gasteiger partial charge in [-0.2, -0.15) is 0 Å². The molecular formula is C20H24F2N4. The molecule has 1 aliphatic heterocycles. The maximum absolute atomic E-state index is 13.7. The van der Waals surface area contributed by atoms with E-state index in [1.807, 2.05) is 24.4 Å². The summed E-state index contributed by atoms with van der Waals surface area (Å²) in [5.41, 5.74) is 1.21. The van der Waals surface area contributed by atoms with Gasteiger partial charge < -0.3 is 15.1 Å². The van der Waals surface area contributed by atoms with E-state index in [2.05, 4.69) is 26.2 Å². The van der Waals surface area contributed by atoms with Gasteiger partial charge >= 0.3 is 0 Å². The van der Waals surface area contributed by atoms with Crippen LogP contribution < -0.4 is 15.1 Å². The summed E-state index contributed by atoms with van der Waals surface area (Å²) in [4.78, 5) is 9.02. The molecular weight excluding hydrogens is 334 g/mol. The van der Waals surface area contributed by atoms with Gasteiger partial charge in [0.2, 0.25) is 0 Å². The highest BCUT2D eigenvalue weighted by Crippen LogP contribution is 2.38. The van der Waals surface area contributed by atoms with Crippen LogP contribution in [0.2, 0.25) is 0 Å². The Morgan fingerprint density at radius 2 is 1.69 bits per heavy atom. The summed E-state index contributed by atoms with van der Waals surface area (Å²) in [6.07, 6.45) is 3.18. The number of anilines is 2. The number of hydrogen-bond donors (Lipinski definition) is 1. The van der Waals surface area contributed by atoms with Crippen LogP contribution in [0.5, 0.6) is 0 Å². The fourth-order valence-electron chi connectivity index (χ4n) is 3.33. The quantitative estimate of drug-likeness (QED) is 0.860. The first-order valence-corrected chi connectivity index (χ1v) is 9.21. The molecule has 4 rings (SSSR count). The van der Waals surface area contributed by atoms with Crippen molar-refractivity contribution in [3.8, 4) is 0 Å². The molecule has 1 aromatic heterocycles. The van der Waals surface area contributed by atoms with Crippen LogP contribution in [-0.4, -0.2) is 43.4 Å². The maximum Gasteiger partial charge on any atom is 0.128 e. The summed E-state index contributed by atoms with van der Waals surface area (Å²) in [5.74, 6) is 0.756. The van der Waals surface area contributed by atoms with Crippen LogP contribution in [0.1, 0.15) is 18.4 Å². The van der Waals surface area contributed by atoms with E-state index in [4.69, 9.17) is 0 Å². The second-order valence-electron chi connectivity index (χ2n) is 7.23. The maximum atomic E-state index is 13.7. The lowest BCUT2D eigenvalue weighted by Gasteiger charge is -2.36. The van der Waals surface area contributed by atoms with E-state index in [1.165, 1.54) is 12.1 Å². The Kier molecular flexibility index (Phi) is 4.76. The topological polar surface area (TPSA) is 31.4 Å². The molecule has 0 radical (unpaired) electrons. The molecule has 0 spiro atoms. The average Bonchev–Trinajstić information content (AvgIpc) is 3.40. The van der Waals surface area contributed by atoms with Gasteiger partial charge in [0.05, 0.1) is 0 Å². The van der Waals surface area contributed by atoms with Gasteiger partial charge in [0.15, 0.2) is 0 Å². The number of rotatable bonds is 6. The summed E-state index contributed by atoms with van der Waals surface area (Å²) < 4.78 is 26.7. The molecule has 26 heavy (non-hydrogen) atoms. The molecule has 1 N–H and O–H groups in total. The molecule has 0 atom stereocenters. The molecule has 0 amide bonds. The Morgan fingerprint density at radius 1 is 1.00 bits per heavy atom. The third-order valence-corrected chi connectivity index (χ3v) is 5.17. The lowest BCUT2D eigenvalue weighted by atomic mass is 10.2. The lowest BCUT2D eigenvalue weighted by Crippen LogP contribution is -2.46. The molecule has 2 aliphatic rings. The number of pyridine rings is 1. The number of piperazine rings is 1. The van der Waals surface area contributed by atoms with Crippen LogP contribution in [0, 0.1) is 5.82 Å². The molecule has 6 heteroatoms. The van der Waals surface area contributed by atoms with Gasteiger partial charge in [-0.15, -0.1) is 0 Å². The minimum atomic E-state index is -0.966. The second-order valence-corrected chi connectivity index (χ2v) is 7.23. The third kappa shape index (κ3) is 4.12. The molecule has 0 unspecified atom stereocenters. The summed E-state index contributed by atoms with van der Waals surface area (Å²) in [5, 5.41) is 3.21. The van der Waals surface area contributed by atoms with Crippen LogP contribution >= 0.6 is 0 Å². The van der Waals surface area contributed by atoms with Crippen LogP contribution in [-0.2, 0) is 6.54 Å². The number of nitrogens with zero attached hydrogens (tertiary/aromatic N) is 3. The fraction of sp³-hybridized carbons (Fsp3) is 0.450. The third-order valence-electron chi connectivity index (χ3n) is 5.17. The van der Waals surface area contributed by atoms with E-state index in [0.29, 0.717) is 25.9 Å². The Hall–Kier alpha value is -2.21. The highest BCUT2D eigenvalue weighted by molar-refractivity contribution is 5.49. The molecule has 1 aromatic carbocycles. The molecule has 138 valence electrons. The van der Waals surface area contributed by atoms with E-state index in [-0.39, 0.29) is 5.82 Å². The van der Waals surface area contributed by atoms with E-state index >= 15 is 0 Å². The number of halogens is 2. The van der Waals surface area contributed by atoms with Crippen molar-refractivity contribution in [3.05, 3.63) is 54.0 Å². The van der Waals surface area contributed by atoms with Crippen molar-refractivity contribution < 1.29 is 8.78 Å². The van der Waals surface area contributed by atoms with Crippen molar-refractivity contribution in [2.75, 3.05) is 42.5 Å². The Bertz CT molecular complexity index is 738. The van der Waals surface area contributed by atoms with Crippen LogP contribution in [0.15, 0.2) is 42.6 Å².